The first-order chi connectivity index (χ1) is 3.72. The lowest BCUT2D eigenvalue weighted by molar-refractivity contribution is -0.118. The monoisotopic (exact) mass is 246 g/mol. The first-order valence-electron chi connectivity index (χ1n) is 1.98. The molecule has 0 saturated heterocycles. The van der Waals surface area contributed by atoms with Crippen LogP contribution in [0, 0.1) is 0 Å². The molecule has 5 heteroatoms. The number of thiol groups is 1. The molecule has 0 unspecified atom stereocenters. The molecule has 0 spiro atoms. The summed E-state index contributed by atoms with van der Waals surface area (Å²) in [5.74, 6) is 0.0764. The van der Waals surface area contributed by atoms with Crippen LogP contribution in [0.1, 0.15) is 0 Å². The highest BCUT2D eigenvalue weighted by atomic mass is 127. The van der Waals surface area contributed by atoms with Gasteiger partial charge in [0.2, 0.25) is 5.91 Å². The van der Waals surface area contributed by atoms with E-state index >= 15 is 0 Å². The maximum absolute atomic E-state index is 10.3. The molecule has 0 aromatic carbocycles. The summed E-state index contributed by atoms with van der Waals surface area (Å²) in [6, 6.07) is -0.307. The van der Waals surface area contributed by atoms with Gasteiger partial charge in [-0.25, -0.2) is 3.53 Å². The Hall–Kier alpha value is 0.510. The molecule has 0 heterocycles. The molecule has 0 aliphatic heterocycles. The number of carbonyl (C=O) groups is 1. The fourth-order valence-electron chi connectivity index (χ4n) is 0.178. The van der Waals surface area contributed by atoms with Gasteiger partial charge in [0.15, 0.2) is 0 Å². The van der Waals surface area contributed by atoms with Crippen LogP contribution in [0.3, 0.4) is 0 Å². The Balaban J connectivity index is 3.52. The molecule has 0 aliphatic rings. The van der Waals surface area contributed by atoms with Crippen molar-refractivity contribution in [3.8, 4) is 0 Å². The van der Waals surface area contributed by atoms with E-state index < -0.39 is 0 Å². The summed E-state index contributed by atoms with van der Waals surface area (Å²) >= 11 is 5.73. The number of halogens is 1. The van der Waals surface area contributed by atoms with E-state index in [9.17, 15) is 4.79 Å². The Morgan fingerprint density at radius 3 is 2.50 bits per heavy atom. The average molecular weight is 246 g/mol. The standard InChI is InChI=1S/C3H7IN2OS/c4-6-2(1-8)3(5)7/h2,6,8H,1H2,(H2,5,7)/t2-/m0/s1. The lowest BCUT2D eigenvalue weighted by Crippen LogP contribution is -2.37. The predicted octanol–water partition coefficient (Wildman–Crippen LogP) is -0.290. The summed E-state index contributed by atoms with van der Waals surface area (Å²) in [5.41, 5.74) is 4.90. The van der Waals surface area contributed by atoms with Gasteiger partial charge < -0.3 is 5.73 Å². The second-order valence-corrected chi connectivity index (χ2v) is 2.23. The smallest absolute Gasteiger partial charge is 0.236 e. The third kappa shape index (κ3) is 2.73. The summed E-state index contributed by atoms with van der Waals surface area (Å²) in [7, 11) is 0. The summed E-state index contributed by atoms with van der Waals surface area (Å²) in [5, 5.41) is 0. The van der Waals surface area contributed by atoms with Crippen molar-refractivity contribution in [2.75, 3.05) is 5.75 Å². The van der Waals surface area contributed by atoms with Crippen molar-refractivity contribution in [1.82, 2.24) is 3.53 Å². The van der Waals surface area contributed by atoms with Crippen LogP contribution in [-0.4, -0.2) is 17.7 Å². The highest BCUT2D eigenvalue weighted by molar-refractivity contribution is 14.1. The normalized spacial score (nSPS) is 13.2. The lowest BCUT2D eigenvalue weighted by Gasteiger charge is -2.04. The number of nitrogens with one attached hydrogen (secondary N) is 1. The van der Waals surface area contributed by atoms with Crippen molar-refractivity contribution in [2.45, 2.75) is 6.04 Å². The third-order valence-corrected chi connectivity index (χ3v) is 1.77. The third-order valence-electron chi connectivity index (χ3n) is 0.658. The van der Waals surface area contributed by atoms with Crippen molar-refractivity contribution in [3.05, 3.63) is 0 Å². The second kappa shape index (κ2) is 4.39. The van der Waals surface area contributed by atoms with Crippen LogP contribution in [0.2, 0.25) is 0 Å². The second-order valence-electron chi connectivity index (χ2n) is 1.25. The quantitative estimate of drug-likeness (QED) is 0.364. The first-order valence-corrected chi connectivity index (χ1v) is 3.69. The fourth-order valence-corrected chi connectivity index (χ4v) is 1.32. The van der Waals surface area contributed by atoms with Gasteiger partial charge >= 0.3 is 0 Å². The van der Waals surface area contributed by atoms with Crippen LogP contribution < -0.4 is 9.26 Å². The topological polar surface area (TPSA) is 55.1 Å². The largest absolute Gasteiger partial charge is 0.368 e. The molecule has 3 N–H and O–H groups in total. The maximum Gasteiger partial charge on any atom is 0.236 e. The fraction of sp³-hybridized carbons (Fsp3) is 0.667. The molecule has 1 amide bonds. The Kier molecular flexibility index (Phi) is 4.68. The number of amides is 1. The van der Waals surface area contributed by atoms with E-state index in [2.05, 4.69) is 16.2 Å². The van der Waals surface area contributed by atoms with Crippen LogP contribution >= 0.6 is 35.5 Å². The highest BCUT2D eigenvalue weighted by Crippen LogP contribution is 1.88. The summed E-state index contributed by atoms with van der Waals surface area (Å²) in [6.07, 6.45) is 0. The number of hydrogen-bond donors (Lipinski definition) is 3. The van der Waals surface area contributed by atoms with Crippen molar-refractivity contribution in [1.29, 1.82) is 0 Å². The zero-order chi connectivity index (χ0) is 6.57. The molecule has 0 aromatic heterocycles. The van der Waals surface area contributed by atoms with E-state index in [4.69, 9.17) is 5.73 Å². The van der Waals surface area contributed by atoms with E-state index in [-0.39, 0.29) is 11.9 Å². The minimum absolute atomic E-state index is 0.307. The van der Waals surface area contributed by atoms with Crippen molar-refractivity contribution in [2.24, 2.45) is 5.73 Å². The van der Waals surface area contributed by atoms with Gasteiger partial charge in [-0.1, -0.05) is 0 Å². The molecular formula is C3H7IN2OS. The lowest BCUT2D eigenvalue weighted by atomic mass is 10.3. The van der Waals surface area contributed by atoms with Gasteiger partial charge in [0.05, 0.1) is 0 Å². The van der Waals surface area contributed by atoms with Crippen LogP contribution in [0.5, 0.6) is 0 Å². The first kappa shape index (κ1) is 8.51. The van der Waals surface area contributed by atoms with Gasteiger partial charge in [0, 0.05) is 28.6 Å². The van der Waals surface area contributed by atoms with Gasteiger partial charge in [0.25, 0.3) is 0 Å². The summed E-state index contributed by atoms with van der Waals surface area (Å²) < 4.78 is 2.67. The Bertz CT molecular complexity index is 85.4. The average Bonchev–Trinajstić information content (AvgIpc) is 1.69. The molecule has 0 rings (SSSR count). The van der Waals surface area contributed by atoms with Gasteiger partial charge in [-0.2, -0.15) is 12.6 Å². The van der Waals surface area contributed by atoms with E-state index in [1.165, 1.54) is 0 Å². The molecule has 0 radical (unpaired) electrons. The SMILES string of the molecule is NC(=O)[C@H](CS)NI. The van der Waals surface area contributed by atoms with Crippen molar-refractivity contribution in [3.63, 3.8) is 0 Å². The van der Waals surface area contributed by atoms with Gasteiger partial charge in [0.1, 0.15) is 6.04 Å². The zero-order valence-corrected chi connectivity index (χ0v) is 7.15. The molecular weight excluding hydrogens is 239 g/mol. The van der Waals surface area contributed by atoms with E-state index in [1.54, 1.807) is 0 Å². The number of carbonyl (C=O) groups excluding carboxylic acids is 1. The molecule has 3 nitrogen and oxygen atoms in total. The van der Waals surface area contributed by atoms with Crippen LogP contribution in [0.25, 0.3) is 0 Å². The minimum atomic E-state index is -0.366. The Morgan fingerprint density at radius 1 is 2.00 bits per heavy atom. The summed E-state index contributed by atoms with van der Waals surface area (Å²) in [6.45, 7) is 0. The Labute approximate surface area is 67.3 Å². The van der Waals surface area contributed by atoms with E-state index in [0.717, 1.165) is 0 Å². The molecule has 0 fully saturated rings. The predicted molar refractivity (Wildman–Crippen MR) is 44.0 cm³/mol. The van der Waals surface area contributed by atoms with Crippen LogP contribution in [0.15, 0.2) is 0 Å². The molecule has 8 heavy (non-hydrogen) atoms. The number of hydrogen-bond acceptors (Lipinski definition) is 3. The molecule has 0 bridgehead atoms. The van der Waals surface area contributed by atoms with E-state index in [0.29, 0.717) is 5.75 Å². The summed E-state index contributed by atoms with van der Waals surface area (Å²) in [4.78, 5) is 10.3. The van der Waals surface area contributed by atoms with E-state index in [1.807, 2.05) is 22.9 Å². The number of primary amides is 1. The van der Waals surface area contributed by atoms with Crippen LogP contribution in [0.4, 0.5) is 0 Å². The molecule has 48 valence electrons. The van der Waals surface area contributed by atoms with Gasteiger partial charge in [-0.15, -0.1) is 0 Å². The van der Waals surface area contributed by atoms with Crippen LogP contribution in [-0.2, 0) is 4.79 Å². The minimum Gasteiger partial charge on any atom is -0.368 e. The van der Waals surface area contributed by atoms with Gasteiger partial charge in [-0.3, -0.25) is 4.79 Å². The molecule has 1 atom stereocenters. The number of nitrogens with two attached hydrogens (primary N) is 1. The number of rotatable bonds is 3. The van der Waals surface area contributed by atoms with Crippen molar-refractivity contribution >= 4 is 41.4 Å². The van der Waals surface area contributed by atoms with Gasteiger partial charge in [-0.05, 0) is 0 Å². The maximum atomic E-state index is 10.3. The van der Waals surface area contributed by atoms with Crippen molar-refractivity contribution < 1.29 is 4.79 Å². The molecule has 0 aliphatic carbocycles. The zero-order valence-electron chi connectivity index (χ0n) is 4.10. The molecule has 0 aromatic rings. The highest BCUT2D eigenvalue weighted by Gasteiger charge is 2.08. The molecule has 0 saturated carbocycles. The Morgan fingerprint density at radius 2 is 2.50 bits per heavy atom.